The molecule has 0 aliphatic heterocycles. The zero-order valence-electron chi connectivity index (χ0n) is 8.25. The minimum atomic E-state index is -0.417. The van der Waals surface area contributed by atoms with Gasteiger partial charge in [0.05, 0.1) is 0 Å². The second kappa shape index (κ2) is 3.90. The zero-order chi connectivity index (χ0) is 9.90. The molecule has 1 aromatic rings. The molecule has 0 aromatic heterocycles. The second-order valence-electron chi connectivity index (χ2n) is 3.71. The van der Waals surface area contributed by atoms with E-state index in [-0.39, 0.29) is 6.61 Å². The summed E-state index contributed by atoms with van der Waals surface area (Å²) in [6, 6.07) is 8.03. The molecular weight excluding hydrogens is 162 g/mol. The summed E-state index contributed by atoms with van der Waals surface area (Å²) in [6.45, 7) is 4.12. The first kappa shape index (κ1) is 10.2. The van der Waals surface area contributed by atoms with Crippen molar-refractivity contribution in [1.82, 2.24) is 0 Å². The fraction of sp³-hybridized carbons (Fsp3) is 0.455. The molecule has 1 atom stereocenters. The van der Waals surface area contributed by atoms with E-state index in [0.717, 1.165) is 5.56 Å². The standard InChI is InChI=1S/C11H17NO/c1-9-5-3-4-6-10(9)11(2,12)7-8-13/h3-6,13H,7-8,12H2,1-2H3. The maximum Gasteiger partial charge on any atom is 0.0451 e. The predicted octanol–water partition coefficient (Wildman–Crippen LogP) is 1.55. The third-order valence-electron chi connectivity index (χ3n) is 2.39. The van der Waals surface area contributed by atoms with Crippen molar-refractivity contribution in [2.75, 3.05) is 6.61 Å². The van der Waals surface area contributed by atoms with Crippen molar-refractivity contribution in [3.63, 3.8) is 0 Å². The third kappa shape index (κ3) is 2.29. The molecular formula is C11H17NO. The molecule has 0 fully saturated rings. The lowest BCUT2D eigenvalue weighted by atomic mass is 9.87. The molecule has 72 valence electrons. The Balaban J connectivity index is 2.99. The fourth-order valence-corrected chi connectivity index (χ4v) is 1.58. The topological polar surface area (TPSA) is 46.2 Å². The van der Waals surface area contributed by atoms with Crippen molar-refractivity contribution in [2.45, 2.75) is 25.8 Å². The van der Waals surface area contributed by atoms with Gasteiger partial charge in [-0.15, -0.1) is 0 Å². The van der Waals surface area contributed by atoms with Crippen molar-refractivity contribution < 1.29 is 5.11 Å². The Morgan fingerprint density at radius 3 is 2.54 bits per heavy atom. The summed E-state index contributed by atoms with van der Waals surface area (Å²) < 4.78 is 0. The van der Waals surface area contributed by atoms with E-state index in [0.29, 0.717) is 6.42 Å². The van der Waals surface area contributed by atoms with Gasteiger partial charge in [-0.25, -0.2) is 0 Å². The summed E-state index contributed by atoms with van der Waals surface area (Å²) in [6.07, 6.45) is 0.595. The van der Waals surface area contributed by atoms with Crippen molar-refractivity contribution in [1.29, 1.82) is 0 Å². The monoisotopic (exact) mass is 179 g/mol. The lowest BCUT2D eigenvalue weighted by molar-refractivity contribution is 0.247. The Kier molecular flexibility index (Phi) is 3.07. The first-order valence-corrected chi connectivity index (χ1v) is 4.54. The first-order chi connectivity index (χ1) is 6.08. The maximum absolute atomic E-state index is 8.87. The molecule has 0 heterocycles. The number of aliphatic hydroxyl groups is 1. The number of aryl methyl sites for hydroxylation is 1. The normalized spacial score (nSPS) is 15.4. The Labute approximate surface area is 79.4 Å². The molecule has 0 spiro atoms. The summed E-state index contributed by atoms with van der Waals surface area (Å²) in [5.41, 5.74) is 7.97. The van der Waals surface area contributed by atoms with Gasteiger partial charge in [0.25, 0.3) is 0 Å². The van der Waals surface area contributed by atoms with Gasteiger partial charge in [0.1, 0.15) is 0 Å². The number of nitrogens with two attached hydrogens (primary N) is 1. The Morgan fingerprint density at radius 2 is 2.00 bits per heavy atom. The summed E-state index contributed by atoms with van der Waals surface area (Å²) in [7, 11) is 0. The van der Waals surface area contributed by atoms with Crippen LogP contribution < -0.4 is 5.73 Å². The first-order valence-electron chi connectivity index (χ1n) is 4.54. The fourth-order valence-electron chi connectivity index (χ4n) is 1.58. The Morgan fingerprint density at radius 1 is 1.38 bits per heavy atom. The van der Waals surface area contributed by atoms with Crippen molar-refractivity contribution in [3.05, 3.63) is 35.4 Å². The van der Waals surface area contributed by atoms with Gasteiger partial charge in [0, 0.05) is 12.1 Å². The molecule has 0 saturated heterocycles. The smallest absolute Gasteiger partial charge is 0.0451 e. The Hall–Kier alpha value is -0.860. The van der Waals surface area contributed by atoms with Gasteiger partial charge in [0.2, 0.25) is 0 Å². The number of aliphatic hydroxyl groups excluding tert-OH is 1. The quantitative estimate of drug-likeness (QED) is 0.739. The predicted molar refractivity (Wildman–Crippen MR) is 54.4 cm³/mol. The van der Waals surface area contributed by atoms with Gasteiger partial charge >= 0.3 is 0 Å². The summed E-state index contributed by atoms with van der Waals surface area (Å²) in [5.74, 6) is 0. The highest BCUT2D eigenvalue weighted by Gasteiger charge is 2.21. The molecule has 13 heavy (non-hydrogen) atoms. The Bertz CT molecular complexity index is 281. The molecule has 2 nitrogen and oxygen atoms in total. The molecule has 1 rings (SSSR count). The van der Waals surface area contributed by atoms with E-state index in [1.807, 2.05) is 38.1 Å². The van der Waals surface area contributed by atoms with Gasteiger partial charge in [0.15, 0.2) is 0 Å². The van der Waals surface area contributed by atoms with Crippen molar-refractivity contribution >= 4 is 0 Å². The van der Waals surface area contributed by atoms with E-state index < -0.39 is 5.54 Å². The van der Waals surface area contributed by atoms with E-state index in [4.69, 9.17) is 10.8 Å². The van der Waals surface area contributed by atoms with Crippen LogP contribution in [-0.4, -0.2) is 11.7 Å². The lowest BCUT2D eigenvalue weighted by Crippen LogP contribution is -2.34. The van der Waals surface area contributed by atoms with Crippen LogP contribution in [0.5, 0.6) is 0 Å². The molecule has 0 saturated carbocycles. The highest BCUT2D eigenvalue weighted by atomic mass is 16.3. The number of hydrogen-bond donors (Lipinski definition) is 2. The third-order valence-corrected chi connectivity index (χ3v) is 2.39. The van der Waals surface area contributed by atoms with Crippen molar-refractivity contribution in [3.8, 4) is 0 Å². The molecule has 0 amide bonds. The van der Waals surface area contributed by atoms with Crippen LogP contribution in [-0.2, 0) is 5.54 Å². The molecule has 2 heteroatoms. The molecule has 1 aromatic carbocycles. The number of benzene rings is 1. The van der Waals surface area contributed by atoms with Crippen LogP contribution in [0, 0.1) is 6.92 Å². The minimum Gasteiger partial charge on any atom is -0.396 e. The lowest BCUT2D eigenvalue weighted by Gasteiger charge is -2.26. The van der Waals surface area contributed by atoms with E-state index in [1.165, 1.54) is 5.56 Å². The molecule has 0 aliphatic carbocycles. The second-order valence-corrected chi connectivity index (χ2v) is 3.71. The van der Waals surface area contributed by atoms with Gasteiger partial charge in [-0.2, -0.15) is 0 Å². The van der Waals surface area contributed by atoms with E-state index >= 15 is 0 Å². The average molecular weight is 179 g/mol. The van der Waals surface area contributed by atoms with Gasteiger partial charge in [-0.1, -0.05) is 24.3 Å². The minimum absolute atomic E-state index is 0.126. The maximum atomic E-state index is 8.87. The van der Waals surface area contributed by atoms with Crippen molar-refractivity contribution in [2.24, 2.45) is 5.73 Å². The number of rotatable bonds is 3. The van der Waals surface area contributed by atoms with Crippen LogP contribution in [0.25, 0.3) is 0 Å². The molecule has 0 bridgehead atoms. The number of hydrogen-bond acceptors (Lipinski definition) is 2. The highest BCUT2D eigenvalue weighted by Crippen LogP contribution is 2.23. The van der Waals surface area contributed by atoms with Gasteiger partial charge < -0.3 is 10.8 Å². The average Bonchev–Trinajstić information content (AvgIpc) is 2.04. The van der Waals surface area contributed by atoms with Gasteiger partial charge in [-0.05, 0) is 31.4 Å². The van der Waals surface area contributed by atoms with Crippen LogP contribution in [0.3, 0.4) is 0 Å². The summed E-state index contributed by atoms with van der Waals surface area (Å²) in [4.78, 5) is 0. The SMILES string of the molecule is Cc1ccccc1C(C)(N)CCO. The zero-order valence-corrected chi connectivity index (χ0v) is 8.25. The van der Waals surface area contributed by atoms with Crippen LogP contribution in [0.2, 0.25) is 0 Å². The van der Waals surface area contributed by atoms with E-state index in [1.54, 1.807) is 0 Å². The summed E-state index contributed by atoms with van der Waals surface area (Å²) >= 11 is 0. The summed E-state index contributed by atoms with van der Waals surface area (Å²) in [5, 5.41) is 8.87. The van der Waals surface area contributed by atoms with Crippen LogP contribution in [0.4, 0.5) is 0 Å². The van der Waals surface area contributed by atoms with E-state index in [2.05, 4.69) is 0 Å². The van der Waals surface area contributed by atoms with E-state index in [9.17, 15) is 0 Å². The van der Waals surface area contributed by atoms with Gasteiger partial charge in [-0.3, -0.25) is 0 Å². The molecule has 3 N–H and O–H groups in total. The largest absolute Gasteiger partial charge is 0.396 e. The molecule has 0 radical (unpaired) electrons. The van der Waals surface area contributed by atoms with Crippen LogP contribution >= 0.6 is 0 Å². The van der Waals surface area contributed by atoms with Crippen LogP contribution in [0.1, 0.15) is 24.5 Å². The molecule has 0 aliphatic rings. The molecule has 1 unspecified atom stereocenters. The highest BCUT2D eigenvalue weighted by molar-refractivity contribution is 5.31. The van der Waals surface area contributed by atoms with Crippen LogP contribution in [0.15, 0.2) is 24.3 Å².